The van der Waals surface area contributed by atoms with Crippen LogP contribution in [0.4, 0.5) is 0 Å². The summed E-state index contributed by atoms with van der Waals surface area (Å²) in [6, 6.07) is 0. The molecule has 0 aromatic carbocycles. The summed E-state index contributed by atoms with van der Waals surface area (Å²) in [4.78, 5) is 0. The zero-order chi connectivity index (χ0) is 21.5. The normalized spacial score (nSPS) is 8.64. The van der Waals surface area contributed by atoms with Gasteiger partial charge in [0.1, 0.15) is 0 Å². The molecular weight excluding hydrogens is 496 g/mol. The van der Waals surface area contributed by atoms with Gasteiger partial charge in [-0.3, -0.25) is 0 Å². The Hall–Kier alpha value is 0.448. The van der Waals surface area contributed by atoms with Crippen molar-refractivity contribution in [3.05, 3.63) is 0 Å². The van der Waals surface area contributed by atoms with E-state index in [0.717, 1.165) is 0 Å². The molecule has 0 spiro atoms. The first-order valence-corrected chi connectivity index (χ1v) is 8.34. The van der Waals surface area contributed by atoms with Crippen molar-refractivity contribution in [3.8, 4) is 0 Å². The van der Waals surface area contributed by atoms with E-state index in [1.54, 1.807) is 83.1 Å². The van der Waals surface area contributed by atoms with Gasteiger partial charge in [-0.25, -0.2) is 0 Å². The van der Waals surface area contributed by atoms with E-state index < -0.39 is 36.6 Å². The molecule has 162 valence electrons. The molecule has 0 atom stereocenters. The van der Waals surface area contributed by atoms with Crippen molar-refractivity contribution in [1.29, 1.82) is 0 Å². The molecule has 0 aliphatic heterocycles. The molecule has 6 nitrogen and oxygen atoms in total. The zero-order valence-electron chi connectivity index (χ0n) is 18.3. The molecule has 0 radical (unpaired) electrons. The summed E-state index contributed by atoms with van der Waals surface area (Å²) in [6.45, 7) is 19.3. The molecular formula is C18H42O6W-6. The molecule has 0 aromatic rings. The third-order valence-electron chi connectivity index (χ3n) is 0. The fourth-order valence-corrected chi connectivity index (χ4v) is 0. The molecule has 0 unspecified atom stereocenters. The predicted octanol–water partition coefficient (Wildman–Crippen LogP) is -1.47. The van der Waals surface area contributed by atoms with Crippen molar-refractivity contribution < 1.29 is 51.7 Å². The second kappa shape index (κ2) is 39.5. The summed E-state index contributed by atoms with van der Waals surface area (Å²) in [5.74, 6) is 0. The second-order valence-electron chi connectivity index (χ2n) is 6.29. The Morgan fingerprint density at radius 1 is 0.280 bits per heavy atom. The van der Waals surface area contributed by atoms with Crippen molar-refractivity contribution in [2.45, 2.75) is 120 Å². The predicted molar refractivity (Wildman–Crippen MR) is 90.8 cm³/mol. The van der Waals surface area contributed by atoms with Crippen LogP contribution in [0.25, 0.3) is 0 Å². The second-order valence-corrected chi connectivity index (χ2v) is 6.29. The van der Waals surface area contributed by atoms with Gasteiger partial charge in [0.05, 0.1) is 0 Å². The SMILES string of the molecule is CC(C)[O-].CC(C)[O-].CC(C)[O-].CC(C)[O-].CC(C)[O-].CC(C)[O-].[W]. The third-order valence-corrected chi connectivity index (χ3v) is 0. The molecule has 0 rings (SSSR count). The first kappa shape index (κ1) is 44.7. The Bertz CT molecular complexity index is 101. The van der Waals surface area contributed by atoms with Gasteiger partial charge in [-0.2, -0.15) is 0 Å². The van der Waals surface area contributed by atoms with Gasteiger partial charge >= 0.3 is 0 Å². The first-order chi connectivity index (χ1) is 10.4. The molecule has 0 aromatic heterocycles. The molecule has 0 saturated carbocycles. The van der Waals surface area contributed by atoms with Crippen molar-refractivity contribution in [2.24, 2.45) is 0 Å². The van der Waals surface area contributed by atoms with E-state index in [-0.39, 0.29) is 21.1 Å². The number of hydrogen-bond acceptors (Lipinski definition) is 6. The van der Waals surface area contributed by atoms with Crippen LogP contribution in [0.5, 0.6) is 0 Å². The van der Waals surface area contributed by atoms with Crippen LogP contribution in [0.1, 0.15) is 83.1 Å². The summed E-state index contributed by atoms with van der Waals surface area (Å²) in [6.07, 6.45) is -2.50. The minimum atomic E-state index is -0.417. The Morgan fingerprint density at radius 3 is 0.280 bits per heavy atom. The maximum Gasteiger partial charge on any atom is 0 e. The molecule has 7 heteroatoms. The topological polar surface area (TPSA) is 138 Å². The quantitative estimate of drug-likeness (QED) is 0.369. The molecule has 0 bridgehead atoms. The van der Waals surface area contributed by atoms with Gasteiger partial charge in [0, 0.05) is 21.1 Å². The van der Waals surface area contributed by atoms with Crippen molar-refractivity contribution in [2.75, 3.05) is 0 Å². The molecule has 0 amide bonds. The van der Waals surface area contributed by atoms with Gasteiger partial charge in [0.15, 0.2) is 0 Å². The molecule has 0 aliphatic carbocycles. The Labute approximate surface area is 171 Å². The van der Waals surface area contributed by atoms with Crippen LogP contribution >= 0.6 is 0 Å². The molecule has 0 fully saturated rings. The van der Waals surface area contributed by atoms with Crippen LogP contribution in [0.2, 0.25) is 0 Å². The van der Waals surface area contributed by atoms with Crippen LogP contribution < -0.4 is 30.6 Å². The molecule has 0 N–H and O–H groups in total. The Kier molecular flexibility index (Phi) is 70.6. The summed E-state index contributed by atoms with van der Waals surface area (Å²) in [5.41, 5.74) is 0. The fraction of sp³-hybridized carbons (Fsp3) is 1.00. The molecule has 0 heterocycles. The minimum absolute atomic E-state index is 0. The van der Waals surface area contributed by atoms with Crippen LogP contribution in [-0.2, 0) is 21.1 Å². The van der Waals surface area contributed by atoms with Gasteiger partial charge in [-0.1, -0.05) is 83.1 Å². The van der Waals surface area contributed by atoms with E-state index in [0.29, 0.717) is 0 Å². The van der Waals surface area contributed by atoms with Gasteiger partial charge in [0.25, 0.3) is 0 Å². The van der Waals surface area contributed by atoms with Crippen molar-refractivity contribution >= 4 is 0 Å². The van der Waals surface area contributed by atoms with Gasteiger partial charge in [0.2, 0.25) is 0 Å². The van der Waals surface area contributed by atoms with Crippen molar-refractivity contribution in [3.63, 3.8) is 0 Å². The number of rotatable bonds is 0. The minimum Gasteiger partial charge on any atom is -0.852 e. The standard InChI is InChI=1S/6C3H7O.W/c6*1-3(2)4;/h6*3H,1-2H3;/q6*-1;. The summed E-state index contributed by atoms with van der Waals surface area (Å²) < 4.78 is 0. The zero-order valence-corrected chi connectivity index (χ0v) is 21.3. The van der Waals surface area contributed by atoms with E-state index in [1.807, 2.05) is 0 Å². The summed E-state index contributed by atoms with van der Waals surface area (Å²) in [7, 11) is 0. The largest absolute Gasteiger partial charge is 0.852 e. The third kappa shape index (κ3) is 61300. The smallest absolute Gasteiger partial charge is 0 e. The van der Waals surface area contributed by atoms with E-state index in [1.165, 1.54) is 0 Å². The molecule has 0 saturated heterocycles. The van der Waals surface area contributed by atoms with E-state index in [9.17, 15) is 30.6 Å². The Balaban J connectivity index is -0.0000000309. The van der Waals surface area contributed by atoms with Gasteiger partial charge in [-0.15, -0.1) is 36.6 Å². The van der Waals surface area contributed by atoms with Crippen LogP contribution in [-0.4, -0.2) is 36.6 Å². The summed E-state index contributed by atoms with van der Waals surface area (Å²) in [5, 5.41) is 57.2. The first-order valence-electron chi connectivity index (χ1n) is 8.34. The summed E-state index contributed by atoms with van der Waals surface area (Å²) >= 11 is 0. The maximum atomic E-state index is 9.53. The average Bonchev–Trinajstić information content (AvgIpc) is 2.08. The fourth-order valence-electron chi connectivity index (χ4n) is 0. The van der Waals surface area contributed by atoms with E-state index in [4.69, 9.17) is 0 Å². The van der Waals surface area contributed by atoms with Crippen LogP contribution in [0.3, 0.4) is 0 Å². The number of hydrogen-bond donors (Lipinski definition) is 0. The maximum absolute atomic E-state index is 9.53. The van der Waals surface area contributed by atoms with Crippen molar-refractivity contribution in [1.82, 2.24) is 0 Å². The van der Waals surface area contributed by atoms with E-state index >= 15 is 0 Å². The molecule has 0 aliphatic rings. The van der Waals surface area contributed by atoms with Crippen LogP contribution in [0, 0.1) is 0 Å². The monoisotopic (exact) mass is 538 g/mol. The van der Waals surface area contributed by atoms with E-state index in [2.05, 4.69) is 0 Å². The Morgan fingerprint density at radius 2 is 0.280 bits per heavy atom. The van der Waals surface area contributed by atoms with Gasteiger partial charge < -0.3 is 30.6 Å². The van der Waals surface area contributed by atoms with Crippen LogP contribution in [0.15, 0.2) is 0 Å². The average molecular weight is 538 g/mol. The molecule has 25 heavy (non-hydrogen) atoms. The van der Waals surface area contributed by atoms with Gasteiger partial charge in [-0.05, 0) is 0 Å².